The summed E-state index contributed by atoms with van der Waals surface area (Å²) in [6.07, 6.45) is -0.638. The van der Waals surface area contributed by atoms with Gasteiger partial charge in [-0.2, -0.15) is 10.1 Å². The summed E-state index contributed by atoms with van der Waals surface area (Å²) in [5.74, 6) is -1.40. The first-order valence-corrected chi connectivity index (χ1v) is 10.6. The molecular formula is C23H17F4N5O3. The van der Waals surface area contributed by atoms with Gasteiger partial charge in [0.2, 0.25) is 11.7 Å². The molecule has 5 rings (SSSR count). The Hall–Kier alpha value is -4.22. The number of carbonyl (C=O) groups excluding carboxylic acids is 1. The van der Waals surface area contributed by atoms with Gasteiger partial charge in [-0.15, -0.1) is 13.2 Å². The van der Waals surface area contributed by atoms with Gasteiger partial charge in [0.1, 0.15) is 17.6 Å². The summed E-state index contributed by atoms with van der Waals surface area (Å²) >= 11 is 0. The van der Waals surface area contributed by atoms with Crippen molar-refractivity contribution in [3.05, 3.63) is 78.2 Å². The molecule has 2 aromatic heterocycles. The third-order valence-corrected chi connectivity index (χ3v) is 5.54. The van der Waals surface area contributed by atoms with Crippen LogP contribution < -0.4 is 4.74 Å². The molecule has 2 aromatic carbocycles. The highest BCUT2D eigenvalue weighted by Crippen LogP contribution is 2.36. The highest BCUT2D eigenvalue weighted by molar-refractivity contribution is 5.98. The predicted octanol–water partition coefficient (Wildman–Crippen LogP) is 4.94. The van der Waals surface area contributed by atoms with E-state index < -0.39 is 29.9 Å². The van der Waals surface area contributed by atoms with Crippen LogP contribution >= 0.6 is 0 Å². The van der Waals surface area contributed by atoms with Crippen LogP contribution in [0.1, 0.15) is 35.1 Å². The monoisotopic (exact) mass is 487 g/mol. The first-order chi connectivity index (χ1) is 16.8. The predicted molar refractivity (Wildman–Crippen MR) is 113 cm³/mol. The topological polar surface area (TPSA) is 86.3 Å². The number of hydrogen-bond acceptors (Lipinski definition) is 6. The van der Waals surface area contributed by atoms with Crippen molar-refractivity contribution in [3.63, 3.8) is 0 Å². The van der Waals surface area contributed by atoms with E-state index in [0.29, 0.717) is 19.4 Å². The minimum Gasteiger partial charge on any atom is -0.405 e. The van der Waals surface area contributed by atoms with Crippen LogP contribution in [0.25, 0.3) is 17.1 Å². The van der Waals surface area contributed by atoms with Crippen LogP contribution in [0.3, 0.4) is 0 Å². The third kappa shape index (κ3) is 4.59. The highest BCUT2D eigenvalue weighted by atomic mass is 19.4. The van der Waals surface area contributed by atoms with Crippen molar-refractivity contribution in [2.45, 2.75) is 25.2 Å². The lowest BCUT2D eigenvalue weighted by molar-refractivity contribution is -0.274. The molecule has 0 bridgehead atoms. The molecule has 1 atom stereocenters. The van der Waals surface area contributed by atoms with Gasteiger partial charge in [-0.25, -0.2) is 9.07 Å². The average Bonchev–Trinajstić information content (AvgIpc) is 3.59. The van der Waals surface area contributed by atoms with Crippen molar-refractivity contribution in [3.8, 4) is 22.8 Å². The Morgan fingerprint density at radius 3 is 2.74 bits per heavy atom. The zero-order valence-corrected chi connectivity index (χ0v) is 17.9. The molecule has 1 fully saturated rings. The Morgan fingerprint density at radius 1 is 1.14 bits per heavy atom. The maximum absolute atomic E-state index is 13.9. The van der Waals surface area contributed by atoms with E-state index in [1.54, 1.807) is 12.3 Å². The third-order valence-electron chi connectivity index (χ3n) is 5.54. The summed E-state index contributed by atoms with van der Waals surface area (Å²) in [6.45, 7) is 0.380. The Morgan fingerprint density at radius 2 is 1.97 bits per heavy atom. The summed E-state index contributed by atoms with van der Waals surface area (Å²) in [7, 11) is 0. The molecule has 12 heteroatoms. The van der Waals surface area contributed by atoms with Crippen LogP contribution in [-0.4, -0.2) is 43.6 Å². The molecule has 180 valence electrons. The fraction of sp³-hybridized carbons (Fsp3) is 0.217. The highest BCUT2D eigenvalue weighted by Gasteiger charge is 2.37. The number of carbonyl (C=O) groups is 1. The number of rotatable bonds is 5. The number of halogens is 4. The van der Waals surface area contributed by atoms with Gasteiger partial charge in [0, 0.05) is 25.0 Å². The van der Waals surface area contributed by atoms with Crippen molar-refractivity contribution >= 4 is 5.91 Å². The second kappa shape index (κ2) is 8.85. The van der Waals surface area contributed by atoms with Gasteiger partial charge in [-0.3, -0.25) is 4.79 Å². The molecule has 0 radical (unpaired) electrons. The number of alkyl halides is 3. The number of nitrogens with zero attached hydrogens (tertiary/aromatic N) is 5. The number of ether oxygens (including phenoxy) is 1. The molecule has 4 aromatic rings. The molecule has 0 aliphatic carbocycles. The molecule has 35 heavy (non-hydrogen) atoms. The lowest BCUT2D eigenvalue weighted by Crippen LogP contribution is -2.31. The van der Waals surface area contributed by atoms with Crippen molar-refractivity contribution in [1.82, 2.24) is 24.8 Å². The lowest BCUT2D eigenvalue weighted by Gasteiger charge is -2.23. The average molecular weight is 487 g/mol. The van der Waals surface area contributed by atoms with Gasteiger partial charge in [0.15, 0.2) is 0 Å². The summed E-state index contributed by atoms with van der Waals surface area (Å²) in [4.78, 5) is 19.3. The van der Waals surface area contributed by atoms with E-state index in [1.165, 1.54) is 52.2 Å². The Bertz CT molecular complexity index is 1350. The van der Waals surface area contributed by atoms with Crippen LogP contribution in [0.2, 0.25) is 0 Å². The molecule has 1 saturated heterocycles. The largest absolute Gasteiger partial charge is 0.573 e. The van der Waals surface area contributed by atoms with E-state index in [4.69, 9.17) is 4.52 Å². The van der Waals surface area contributed by atoms with Crippen molar-refractivity contribution in [2.75, 3.05) is 6.54 Å². The number of amides is 1. The zero-order chi connectivity index (χ0) is 24.6. The maximum Gasteiger partial charge on any atom is 0.573 e. The van der Waals surface area contributed by atoms with E-state index in [2.05, 4.69) is 20.0 Å². The molecule has 3 heterocycles. The van der Waals surface area contributed by atoms with Gasteiger partial charge in [0.05, 0.1) is 16.8 Å². The molecule has 1 unspecified atom stereocenters. The Labute approximate surface area is 195 Å². The quantitative estimate of drug-likeness (QED) is 0.371. The normalized spacial score (nSPS) is 16.0. The van der Waals surface area contributed by atoms with Gasteiger partial charge in [0.25, 0.3) is 5.91 Å². The molecule has 1 aliphatic heterocycles. The van der Waals surface area contributed by atoms with Crippen LogP contribution in [0.4, 0.5) is 17.6 Å². The summed E-state index contributed by atoms with van der Waals surface area (Å²) < 4.78 is 63.1. The molecule has 0 spiro atoms. The number of para-hydroxylation sites is 1. The number of hydrogen-bond donors (Lipinski definition) is 0. The first kappa shape index (κ1) is 22.6. The van der Waals surface area contributed by atoms with E-state index in [1.807, 2.05) is 0 Å². The molecule has 1 aliphatic rings. The summed E-state index contributed by atoms with van der Waals surface area (Å²) in [5, 5.41) is 7.91. The van der Waals surface area contributed by atoms with Gasteiger partial charge in [-0.05, 0) is 43.2 Å². The van der Waals surface area contributed by atoms with Crippen LogP contribution in [0.15, 0.2) is 65.4 Å². The fourth-order valence-electron chi connectivity index (χ4n) is 4.05. The number of benzene rings is 2. The zero-order valence-electron chi connectivity index (χ0n) is 17.9. The minimum absolute atomic E-state index is 0.00444. The standard InChI is InChI=1S/C23H17F4N5O3/c24-14-8-9-15(18(13-14)32-12-4-10-28-32)22(33)31-11-3-6-17(31)21-29-20(30-35-21)16-5-1-2-7-19(16)34-23(25,26)27/h1-2,4-5,7-10,12-13,17H,3,6,11H2. The van der Waals surface area contributed by atoms with Crippen molar-refractivity contribution < 1.29 is 31.6 Å². The second-order valence-electron chi connectivity index (χ2n) is 7.77. The fourth-order valence-corrected chi connectivity index (χ4v) is 4.05. The van der Waals surface area contributed by atoms with Crippen molar-refractivity contribution in [2.24, 2.45) is 0 Å². The molecular weight excluding hydrogens is 470 g/mol. The minimum atomic E-state index is -4.89. The number of likely N-dealkylation sites (tertiary alicyclic amines) is 1. The maximum atomic E-state index is 13.9. The van der Waals surface area contributed by atoms with Gasteiger partial charge in [-0.1, -0.05) is 17.3 Å². The SMILES string of the molecule is O=C(c1ccc(F)cc1-n1cccn1)N1CCCC1c1nc(-c2ccccc2OC(F)(F)F)no1. The molecule has 8 nitrogen and oxygen atoms in total. The Balaban J connectivity index is 1.45. The first-order valence-electron chi connectivity index (χ1n) is 10.6. The Kier molecular flexibility index (Phi) is 5.71. The van der Waals surface area contributed by atoms with Gasteiger partial charge < -0.3 is 14.2 Å². The van der Waals surface area contributed by atoms with Crippen molar-refractivity contribution in [1.29, 1.82) is 0 Å². The van der Waals surface area contributed by atoms with E-state index >= 15 is 0 Å². The second-order valence-corrected chi connectivity index (χ2v) is 7.77. The van der Waals surface area contributed by atoms with Gasteiger partial charge >= 0.3 is 6.36 Å². The van der Waals surface area contributed by atoms with E-state index in [9.17, 15) is 22.4 Å². The smallest absolute Gasteiger partial charge is 0.405 e. The van der Waals surface area contributed by atoms with E-state index in [-0.39, 0.29) is 28.5 Å². The van der Waals surface area contributed by atoms with Crippen LogP contribution in [0, 0.1) is 5.82 Å². The van der Waals surface area contributed by atoms with Crippen LogP contribution in [-0.2, 0) is 0 Å². The molecule has 0 N–H and O–H groups in total. The molecule has 0 saturated carbocycles. The summed E-state index contributed by atoms with van der Waals surface area (Å²) in [6, 6.07) is 10.3. The van der Waals surface area contributed by atoms with Crippen LogP contribution in [0.5, 0.6) is 5.75 Å². The number of aromatic nitrogens is 4. The molecule has 1 amide bonds. The van der Waals surface area contributed by atoms with E-state index in [0.717, 1.165) is 6.07 Å². The lowest BCUT2D eigenvalue weighted by atomic mass is 10.1. The summed E-state index contributed by atoms with van der Waals surface area (Å²) in [5.41, 5.74) is 0.496.